The molecule has 0 saturated carbocycles. The van der Waals surface area contributed by atoms with E-state index in [1.807, 2.05) is 13.0 Å². The quantitative estimate of drug-likeness (QED) is 0.830. The smallest absolute Gasteiger partial charge is 0.152 e. The molecule has 0 aliphatic carbocycles. The second-order valence-electron chi connectivity index (χ2n) is 4.31. The van der Waals surface area contributed by atoms with Gasteiger partial charge in [0.15, 0.2) is 9.84 Å². The van der Waals surface area contributed by atoms with Crippen molar-refractivity contribution in [3.05, 3.63) is 18.2 Å². The van der Waals surface area contributed by atoms with Crippen LogP contribution in [0.15, 0.2) is 18.2 Å². The lowest BCUT2D eigenvalue weighted by atomic mass is 10.2. The first-order valence-corrected chi connectivity index (χ1v) is 7.93. The minimum Gasteiger partial charge on any atom is -0.497 e. The van der Waals surface area contributed by atoms with Crippen molar-refractivity contribution in [2.24, 2.45) is 0 Å². The first-order valence-electron chi connectivity index (χ1n) is 6.10. The van der Waals surface area contributed by atoms with E-state index in [1.165, 1.54) is 0 Å². The molecule has 1 rings (SSSR count). The van der Waals surface area contributed by atoms with E-state index in [0.29, 0.717) is 11.5 Å². The lowest BCUT2D eigenvalue weighted by Gasteiger charge is -2.17. The molecule has 0 spiro atoms. The molecule has 1 unspecified atom stereocenters. The van der Waals surface area contributed by atoms with E-state index in [9.17, 15) is 8.42 Å². The Hall–Kier alpha value is -1.43. The fourth-order valence-corrected chi connectivity index (χ4v) is 2.80. The summed E-state index contributed by atoms with van der Waals surface area (Å²) in [5.41, 5.74) is 0.752. The number of rotatable bonds is 7. The Morgan fingerprint density at radius 3 is 2.47 bits per heavy atom. The number of hydrogen-bond acceptors (Lipinski definition) is 5. The van der Waals surface area contributed by atoms with E-state index in [1.54, 1.807) is 33.3 Å². The van der Waals surface area contributed by atoms with Crippen molar-refractivity contribution in [2.45, 2.75) is 19.9 Å². The van der Waals surface area contributed by atoms with E-state index >= 15 is 0 Å². The Labute approximate surface area is 114 Å². The molecule has 0 heterocycles. The van der Waals surface area contributed by atoms with Gasteiger partial charge in [-0.15, -0.1) is 0 Å². The molecule has 1 aromatic rings. The predicted molar refractivity (Wildman–Crippen MR) is 77.0 cm³/mol. The minimum atomic E-state index is -3.00. The van der Waals surface area contributed by atoms with E-state index in [4.69, 9.17) is 9.47 Å². The van der Waals surface area contributed by atoms with Crippen LogP contribution in [0.5, 0.6) is 11.5 Å². The number of ether oxygens (including phenoxy) is 2. The maximum atomic E-state index is 11.6. The Bertz CT molecular complexity index is 513. The van der Waals surface area contributed by atoms with Crippen LogP contribution in [0.1, 0.15) is 13.8 Å². The molecule has 1 atom stereocenters. The molecule has 0 saturated heterocycles. The second kappa shape index (κ2) is 6.65. The number of anilines is 1. The number of hydrogen-bond donors (Lipinski definition) is 1. The van der Waals surface area contributed by atoms with Gasteiger partial charge in [-0.25, -0.2) is 8.42 Å². The SMILES string of the molecule is CCS(=O)(=O)CC(C)Nc1ccc(OC)cc1OC. The molecular weight excluding hydrogens is 266 g/mol. The number of sulfone groups is 1. The summed E-state index contributed by atoms with van der Waals surface area (Å²) in [5.74, 6) is 1.56. The van der Waals surface area contributed by atoms with Crippen LogP contribution in [0, 0.1) is 0 Å². The van der Waals surface area contributed by atoms with Gasteiger partial charge in [0, 0.05) is 17.9 Å². The van der Waals surface area contributed by atoms with Crippen molar-refractivity contribution in [1.29, 1.82) is 0 Å². The molecule has 5 nitrogen and oxygen atoms in total. The van der Waals surface area contributed by atoms with E-state index in [0.717, 1.165) is 5.69 Å². The molecule has 108 valence electrons. The van der Waals surface area contributed by atoms with Crippen LogP contribution in [-0.4, -0.2) is 40.2 Å². The van der Waals surface area contributed by atoms with Crippen molar-refractivity contribution in [3.8, 4) is 11.5 Å². The Kier molecular flexibility index (Phi) is 5.47. The van der Waals surface area contributed by atoms with Crippen molar-refractivity contribution >= 4 is 15.5 Å². The van der Waals surface area contributed by atoms with Crippen molar-refractivity contribution in [3.63, 3.8) is 0 Å². The van der Waals surface area contributed by atoms with Gasteiger partial charge in [0.2, 0.25) is 0 Å². The summed E-state index contributed by atoms with van der Waals surface area (Å²) >= 11 is 0. The Balaban J connectivity index is 2.82. The van der Waals surface area contributed by atoms with Gasteiger partial charge >= 0.3 is 0 Å². The molecule has 0 aromatic heterocycles. The highest BCUT2D eigenvalue weighted by atomic mass is 32.2. The zero-order valence-corrected chi connectivity index (χ0v) is 12.6. The zero-order valence-electron chi connectivity index (χ0n) is 11.8. The highest BCUT2D eigenvalue weighted by Gasteiger charge is 2.15. The number of methoxy groups -OCH3 is 2. The third-order valence-corrected chi connectivity index (χ3v) is 4.64. The maximum Gasteiger partial charge on any atom is 0.152 e. The van der Waals surface area contributed by atoms with Crippen LogP contribution < -0.4 is 14.8 Å². The summed E-state index contributed by atoms with van der Waals surface area (Å²) < 4.78 is 33.5. The van der Waals surface area contributed by atoms with Crippen LogP contribution in [0.2, 0.25) is 0 Å². The first kappa shape index (κ1) is 15.6. The molecule has 1 aromatic carbocycles. The number of nitrogens with one attached hydrogen (secondary N) is 1. The monoisotopic (exact) mass is 287 g/mol. The molecule has 1 N–H and O–H groups in total. The van der Waals surface area contributed by atoms with Crippen molar-refractivity contribution in [2.75, 3.05) is 31.0 Å². The molecule has 0 amide bonds. The average Bonchev–Trinajstić information content (AvgIpc) is 2.38. The summed E-state index contributed by atoms with van der Waals surface area (Å²) in [6.45, 7) is 3.48. The minimum absolute atomic E-state index is 0.0959. The fourth-order valence-electron chi connectivity index (χ4n) is 1.72. The van der Waals surface area contributed by atoms with Crippen LogP contribution >= 0.6 is 0 Å². The van der Waals surface area contributed by atoms with E-state index in [2.05, 4.69) is 5.32 Å². The predicted octanol–water partition coefficient (Wildman–Crippen LogP) is 1.94. The summed E-state index contributed by atoms with van der Waals surface area (Å²) in [6, 6.07) is 5.18. The second-order valence-corrected chi connectivity index (χ2v) is 6.71. The van der Waals surface area contributed by atoms with Gasteiger partial charge in [0.25, 0.3) is 0 Å². The van der Waals surface area contributed by atoms with E-state index < -0.39 is 9.84 Å². The average molecular weight is 287 g/mol. The van der Waals surface area contributed by atoms with Crippen LogP contribution in [0.25, 0.3) is 0 Å². The van der Waals surface area contributed by atoms with Gasteiger partial charge in [0.1, 0.15) is 11.5 Å². The lowest BCUT2D eigenvalue weighted by Crippen LogP contribution is -2.26. The summed E-state index contributed by atoms with van der Waals surface area (Å²) in [6.07, 6.45) is 0. The highest BCUT2D eigenvalue weighted by Crippen LogP contribution is 2.29. The third-order valence-electron chi connectivity index (χ3n) is 2.75. The fraction of sp³-hybridized carbons (Fsp3) is 0.538. The molecule has 0 bridgehead atoms. The maximum absolute atomic E-state index is 11.6. The number of benzene rings is 1. The molecule has 0 aliphatic rings. The Morgan fingerprint density at radius 2 is 1.95 bits per heavy atom. The summed E-state index contributed by atoms with van der Waals surface area (Å²) in [4.78, 5) is 0. The summed E-state index contributed by atoms with van der Waals surface area (Å²) in [7, 11) is 0.145. The lowest BCUT2D eigenvalue weighted by molar-refractivity contribution is 0.395. The normalized spacial score (nSPS) is 12.8. The van der Waals surface area contributed by atoms with Gasteiger partial charge in [-0.3, -0.25) is 0 Å². The van der Waals surface area contributed by atoms with Crippen LogP contribution in [0.3, 0.4) is 0 Å². The van der Waals surface area contributed by atoms with Gasteiger partial charge < -0.3 is 14.8 Å². The van der Waals surface area contributed by atoms with Crippen LogP contribution in [0.4, 0.5) is 5.69 Å². The molecule has 19 heavy (non-hydrogen) atoms. The van der Waals surface area contributed by atoms with Gasteiger partial charge in [-0.1, -0.05) is 6.92 Å². The van der Waals surface area contributed by atoms with Crippen LogP contribution in [-0.2, 0) is 9.84 Å². The highest BCUT2D eigenvalue weighted by molar-refractivity contribution is 7.91. The van der Waals surface area contributed by atoms with Gasteiger partial charge in [0.05, 0.1) is 25.7 Å². The largest absolute Gasteiger partial charge is 0.497 e. The third kappa shape index (κ3) is 4.63. The molecule has 0 radical (unpaired) electrons. The van der Waals surface area contributed by atoms with Gasteiger partial charge in [-0.05, 0) is 19.1 Å². The Morgan fingerprint density at radius 1 is 1.26 bits per heavy atom. The first-order chi connectivity index (χ1) is 8.91. The summed E-state index contributed by atoms with van der Waals surface area (Å²) in [5, 5.41) is 3.14. The molecule has 0 aliphatic heterocycles. The molecule has 6 heteroatoms. The van der Waals surface area contributed by atoms with Crippen molar-refractivity contribution in [1.82, 2.24) is 0 Å². The molecule has 0 fully saturated rings. The topological polar surface area (TPSA) is 64.6 Å². The van der Waals surface area contributed by atoms with E-state index in [-0.39, 0.29) is 17.5 Å². The van der Waals surface area contributed by atoms with Gasteiger partial charge in [-0.2, -0.15) is 0 Å². The standard InChI is InChI=1S/C13H21NO4S/c1-5-19(15,16)9-10(2)14-12-7-6-11(17-3)8-13(12)18-4/h6-8,10,14H,5,9H2,1-4H3. The molecular formula is C13H21NO4S. The van der Waals surface area contributed by atoms with Crippen molar-refractivity contribution < 1.29 is 17.9 Å². The zero-order chi connectivity index (χ0) is 14.5.